The Hall–Kier alpha value is -1.20. The maximum absolute atomic E-state index is 14.1. The van der Waals surface area contributed by atoms with Gasteiger partial charge in [0.05, 0.1) is 10.5 Å². The molecule has 1 unspecified atom stereocenters. The highest BCUT2D eigenvalue weighted by atomic mass is 79.9. The minimum absolute atomic E-state index is 0.0473. The Morgan fingerprint density at radius 3 is 2.58 bits per heavy atom. The Labute approximate surface area is 118 Å². The molecule has 0 radical (unpaired) electrons. The fourth-order valence-electron chi connectivity index (χ4n) is 1.98. The second-order valence-electron chi connectivity index (χ2n) is 4.14. The minimum atomic E-state index is -0.655. The quantitative estimate of drug-likeness (QED) is 0.851. The molecule has 1 heterocycles. The standard InChI is InChI=1S/C14H14BrF2NO/c1-3-8-4-7-11(19-8)14(18-2)12-10(16)6-5-9(15)13(12)17/h4-7,14,18H,3H2,1-2H3. The molecule has 1 N–H and O–H groups in total. The molecule has 2 rings (SSSR count). The average Bonchev–Trinajstić information content (AvgIpc) is 2.87. The van der Waals surface area contributed by atoms with E-state index >= 15 is 0 Å². The van der Waals surface area contributed by atoms with Crippen LogP contribution in [0.1, 0.15) is 30.0 Å². The van der Waals surface area contributed by atoms with Crippen molar-refractivity contribution in [3.63, 3.8) is 0 Å². The van der Waals surface area contributed by atoms with Crippen molar-refractivity contribution in [1.29, 1.82) is 0 Å². The van der Waals surface area contributed by atoms with Crippen LogP contribution in [0.3, 0.4) is 0 Å². The van der Waals surface area contributed by atoms with E-state index in [0.29, 0.717) is 5.76 Å². The van der Waals surface area contributed by atoms with Gasteiger partial charge in [-0.05, 0) is 47.2 Å². The predicted octanol–water partition coefficient (Wildman–Crippen LogP) is 4.19. The molecule has 1 aromatic carbocycles. The molecular formula is C14H14BrF2NO. The van der Waals surface area contributed by atoms with Crippen LogP contribution in [-0.2, 0) is 6.42 Å². The zero-order valence-electron chi connectivity index (χ0n) is 10.6. The predicted molar refractivity (Wildman–Crippen MR) is 73.0 cm³/mol. The van der Waals surface area contributed by atoms with Crippen molar-refractivity contribution in [1.82, 2.24) is 5.32 Å². The molecule has 0 aliphatic heterocycles. The number of hydrogen-bond donors (Lipinski definition) is 1. The van der Waals surface area contributed by atoms with Crippen LogP contribution in [0.15, 0.2) is 33.2 Å². The second-order valence-corrected chi connectivity index (χ2v) is 4.99. The largest absolute Gasteiger partial charge is 0.464 e. The van der Waals surface area contributed by atoms with E-state index in [2.05, 4.69) is 21.2 Å². The summed E-state index contributed by atoms with van der Waals surface area (Å²) in [6.45, 7) is 1.96. The van der Waals surface area contributed by atoms with Crippen LogP contribution in [0, 0.1) is 11.6 Å². The van der Waals surface area contributed by atoms with Gasteiger partial charge in [0.2, 0.25) is 0 Å². The van der Waals surface area contributed by atoms with E-state index < -0.39 is 17.7 Å². The highest BCUT2D eigenvalue weighted by molar-refractivity contribution is 9.10. The summed E-state index contributed by atoms with van der Waals surface area (Å²) >= 11 is 3.07. The number of benzene rings is 1. The molecule has 0 aliphatic rings. The summed E-state index contributed by atoms with van der Waals surface area (Å²) in [6.07, 6.45) is 0.736. The molecule has 0 aliphatic carbocycles. The lowest BCUT2D eigenvalue weighted by molar-refractivity contribution is 0.416. The van der Waals surface area contributed by atoms with E-state index in [1.54, 1.807) is 13.1 Å². The summed E-state index contributed by atoms with van der Waals surface area (Å²) in [4.78, 5) is 0. The van der Waals surface area contributed by atoms with Gasteiger partial charge in [0.15, 0.2) is 0 Å². The van der Waals surface area contributed by atoms with Crippen molar-refractivity contribution in [3.8, 4) is 0 Å². The fraction of sp³-hybridized carbons (Fsp3) is 0.286. The van der Waals surface area contributed by atoms with Crippen molar-refractivity contribution < 1.29 is 13.2 Å². The summed E-state index contributed by atoms with van der Waals surface area (Å²) in [5.74, 6) is 0.0598. The molecule has 1 aromatic heterocycles. The van der Waals surface area contributed by atoms with Crippen LogP contribution in [0.2, 0.25) is 0 Å². The van der Waals surface area contributed by atoms with Crippen molar-refractivity contribution in [2.24, 2.45) is 0 Å². The third-order valence-electron chi connectivity index (χ3n) is 2.97. The van der Waals surface area contributed by atoms with Crippen molar-refractivity contribution in [2.45, 2.75) is 19.4 Å². The number of rotatable bonds is 4. The van der Waals surface area contributed by atoms with Gasteiger partial charge in [0.1, 0.15) is 23.2 Å². The van der Waals surface area contributed by atoms with Crippen LogP contribution >= 0.6 is 15.9 Å². The van der Waals surface area contributed by atoms with Crippen LogP contribution < -0.4 is 5.32 Å². The first kappa shape index (κ1) is 14.2. The maximum Gasteiger partial charge on any atom is 0.145 e. The van der Waals surface area contributed by atoms with Gasteiger partial charge in [-0.15, -0.1) is 0 Å². The molecule has 19 heavy (non-hydrogen) atoms. The smallest absolute Gasteiger partial charge is 0.145 e. The second kappa shape index (κ2) is 5.84. The van der Waals surface area contributed by atoms with E-state index in [0.717, 1.165) is 12.2 Å². The van der Waals surface area contributed by atoms with E-state index in [4.69, 9.17) is 4.42 Å². The van der Waals surface area contributed by atoms with Crippen LogP contribution in [-0.4, -0.2) is 7.05 Å². The maximum atomic E-state index is 14.1. The Bertz CT molecular complexity index is 583. The van der Waals surface area contributed by atoms with Crippen LogP contribution in [0.4, 0.5) is 8.78 Å². The molecule has 0 amide bonds. The highest BCUT2D eigenvalue weighted by Gasteiger charge is 2.24. The van der Waals surface area contributed by atoms with Gasteiger partial charge >= 0.3 is 0 Å². The zero-order valence-corrected chi connectivity index (χ0v) is 12.2. The first-order valence-corrected chi connectivity index (χ1v) is 6.77. The fourth-order valence-corrected chi connectivity index (χ4v) is 2.32. The Kier molecular flexibility index (Phi) is 4.37. The lowest BCUT2D eigenvalue weighted by Gasteiger charge is -2.16. The van der Waals surface area contributed by atoms with Gasteiger partial charge in [-0.1, -0.05) is 6.92 Å². The Morgan fingerprint density at radius 2 is 2.00 bits per heavy atom. The van der Waals surface area contributed by atoms with Crippen LogP contribution in [0.25, 0.3) is 0 Å². The van der Waals surface area contributed by atoms with Gasteiger partial charge in [0, 0.05) is 12.0 Å². The van der Waals surface area contributed by atoms with E-state index in [1.807, 2.05) is 13.0 Å². The molecule has 2 aromatic rings. The first-order valence-electron chi connectivity index (χ1n) is 5.97. The first-order chi connectivity index (χ1) is 9.08. The van der Waals surface area contributed by atoms with Crippen molar-refractivity contribution >= 4 is 15.9 Å². The number of aryl methyl sites for hydroxylation is 1. The summed E-state index contributed by atoms with van der Waals surface area (Å²) < 4.78 is 33.8. The number of furan rings is 1. The van der Waals surface area contributed by atoms with E-state index in [1.165, 1.54) is 12.1 Å². The number of hydrogen-bond acceptors (Lipinski definition) is 2. The van der Waals surface area contributed by atoms with Crippen LogP contribution in [0.5, 0.6) is 0 Å². The minimum Gasteiger partial charge on any atom is -0.464 e. The summed E-state index contributed by atoms with van der Waals surface area (Å²) in [7, 11) is 1.64. The van der Waals surface area contributed by atoms with Gasteiger partial charge < -0.3 is 9.73 Å². The number of halogens is 3. The van der Waals surface area contributed by atoms with E-state index in [-0.39, 0.29) is 10.0 Å². The SMILES string of the molecule is CCc1ccc(C(NC)c2c(F)ccc(Br)c2F)o1. The lowest BCUT2D eigenvalue weighted by atomic mass is 10.0. The summed E-state index contributed by atoms with van der Waals surface area (Å²) in [6, 6.07) is 5.47. The van der Waals surface area contributed by atoms with Gasteiger partial charge in [-0.25, -0.2) is 8.78 Å². The molecular weight excluding hydrogens is 316 g/mol. The molecule has 2 nitrogen and oxygen atoms in total. The van der Waals surface area contributed by atoms with Gasteiger partial charge in [0.25, 0.3) is 0 Å². The molecule has 5 heteroatoms. The van der Waals surface area contributed by atoms with Gasteiger partial charge in [-0.3, -0.25) is 0 Å². The summed E-state index contributed by atoms with van der Waals surface area (Å²) in [5.41, 5.74) is -0.0473. The monoisotopic (exact) mass is 329 g/mol. The van der Waals surface area contributed by atoms with E-state index in [9.17, 15) is 8.78 Å². The van der Waals surface area contributed by atoms with Crippen molar-refractivity contribution in [3.05, 3.63) is 57.5 Å². The topological polar surface area (TPSA) is 25.2 Å². The molecule has 102 valence electrons. The summed E-state index contributed by atoms with van der Waals surface area (Å²) in [5, 5.41) is 2.89. The molecule has 0 saturated heterocycles. The average molecular weight is 330 g/mol. The Morgan fingerprint density at radius 1 is 1.26 bits per heavy atom. The highest BCUT2D eigenvalue weighted by Crippen LogP contribution is 2.31. The lowest BCUT2D eigenvalue weighted by Crippen LogP contribution is -2.20. The molecule has 0 fully saturated rings. The molecule has 0 bridgehead atoms. The molecule has 0 spiro atoms. The zero-order chi connectivity index (χ0) is 14.0. The third kappa shape index (κ3) is 2.72. The molecule has 0 saturated carbocycles. The molecule has 1 atom stereocenters. The number of nitrogens with one attached hydrogen (secondary N) is 1. The third-order valence-corrected chi connectivity index (χ3v) is 3.58. The Balaban J connectivity index is 2.50. The van der Waals surface area contributed by atoms with Crippen molar-refractivity contribution in [2.75, 3.05) is 7.05 Å². The normalized spacial score (nSPS) is 12.7. The van der Waals surface area contributed by atoms with Gasteiger partial charge in [-0.2, -0.15) is 0 Å².